The van der Waals surface area contributed by atoms with Gasteiger partial charge in [0, 0.05) is 26.0 Å². The van der Waals surface area contributed by atoms with Crippen molar-refractivity contribution in [2.45, 2.75) is 25.6 Å². The maximum Gasteiger partial charge on any atom is 0.338 e. The fourth-order valence-corrected chi connectivity index (χ4v) is 2.40. The number of esters is 1. The van der Waals surface area contributed by atoms with Gasteiger partial charge in [-0.05, 0) is 37.1 Å². The lowest BCUT2D eigenvalue weighted by atomic mass is 10.2. The highest BCUT2D eigenvalue weighted by atomic mass is 16.6. The number of carbonyl (C=O) groups excluding carboxylic acids is 1. The van der Waals surface area contributed by atoms with Crippen LogP contribution in [0.15, 0.2) is 36.7 Å². The zero-order valence-corrected chi connectivity index (χ0v) is 13.1. The lowest BCUT2D eigenvalue weighted by molar-refractivity contribution is 0.0161. The number of aromatic nitrogens is 2. The number of hydrogen-bond donors (Lipinski definition) is 0. The quantitative estimate of drug-likeness (QED) is 0.766. The van der Waals surface area contributed by atoms with E-state index in [2.05, 4.69) is 4.98 Å². The van der Waals surface area contributed by atoms with Gasteiger partial charge in [0.15, 0.2) is 0 Å². The fraction of sp³-hybridized carbons (Fsp3) is 0.412. The third-order valence-corrected chi connectivity index (χ3v) is 3.80. The minimum Gasteiger partial charge on any atom is -0.486 e. The van der Waals surface area contributed by atoms with E-state index in [1.165, 1.54) is 0 Å². The lowest BCUT2D eigenvalue weighted by Crippen LogP contribution is -2.17. The average Bonchev–Trinajstić information content (AvgIpc) is 3.23. The molecule has 1 aliphatic rings. The van der Waals surface area contributed by atoms with Crippen LogP contribution >= 0.6 is 0 Å². The van der Waals surface area contributed by atoms with Crippen LogP contribution in [0.1, 0.15) is 29.0 Å². The zero-order chi connectivity index (χ0) is 16.1. The summed E-state index contributed by atoms with van der Waals surface area (Å²) in [5.74, 6) is 1.19. The Morgan fingerprint density at radius 3 is 2.87 bits per heavy atom. The molecule has 3 rings (SSSR count). The molecule has 1 saturated heterocycles. The number of aryl methyl sites for hydroxylation is 1. The third kappa shape index (κ3) is 4.10. The monoisotopic (exact) mass is 316 g/mol. The minimum atomic E-state index is -0.337. The van der Waals surface area contributed by atoms with E-state index in [0.29, 0.717) is 24.5 Å². The van der Waals surface area contributed by atoms with Gasteiger partial charge >= 0.3 is 5.97 Å². The first-order chi connectivity index (χ1) is 11.2. The second-order valence-electron chi connectivity index (χ2n) is 5.50. The molecule has 1 atom stereocenters. The summed E-state index contributed by atoms with van der Waals surface area (Å²) < 4.78 is 18.2. The number of rotatable bonds is 6. The molecule has 1 aliphatic heterocycles. The number of nitrogens with zero attached hydrogens (tertiary/aromatic N) is 2. The Morgan fingerprint density at radius 2 is 2.22 bits per heavy atom. The predicted molar refractivity (Wildman–Crippen MR) is 83.2 cm³/mol. The molecule has 6 nitrogen and oxygen atoms in total. The van der Waals surface area contributed by atoms with Crippen LogP contribution in [0.2, 0.25) is 0 Å². The van der Waals surface area contributed by atoms with Crippen LogP contribution in [0.5, 0.6) is 5.75 Å². The van der Waals surface area contributed by atoms with E-state index in [-0.39, 0.29) is 12.1 Å². The molecule has 0 spiro atoms. The summed E-state index contributed by atoms with van der Waals surface area (Å²) in [5, 5.41) is 0. The van der Waals surface area contributed by atoms with Crippen LogP contribution in [0.3, 0.4) is 0 Å². The summed E-state index contributed by atoms with van der Waals surface area (Å²) in [4.78, 5) is 16.2. The molecule has 0 bridgehead atoms. The fourth-order valence-electron chi connectivity index (χ4n) is 2.40. The highest BCUT2D eigenvalue weighted by Gasteiger charge is 2.18. The molecule has 2 heterocycles. The highest BCUT2D eigenvalue weighted by molar-refractivity contribution is 5.89. The van der Waals surface area contributed by atoms with Gasteiger partial charge in [-0.15, -0.1) is 0 Å². The van der Waals surface area contributed by atoms with Gasteiger partial charge in [0.25, 0.3) is 0 Å². The molecule has 1 fully saturated rings. The summed E-state index contributed by atoms with van der Waals surface area (Å²) in [6.07, 6.45) is 5.62. The molecule has 0 radical (unpaired) electrons. The number of benzene rings is 1. The van der Waals surface area contributed by atoms with E-state index < -0.39 is 0 Å². The number of imidazole rings is 1. The largest absolute Gasteiger partial charge is 0.486 e. The van der Waals surface area contributed by atoms with E-state index in [1.54, 1.807) is 30.5 Å². The van der Waals surface area contributed by atoms with Gasteiger partial charge < -0.3 is 18.8 Å². The molecule has 0 amide bonds. The second kappa shape index (κ2) is 7.28. The summed E-state index contributed by atoms with van der Waals surface area (Å²) in [6, 6.07) is 6.91. The van der Waals surface area contributed by atoms with Crippen LogP contribution in [0, 0.1) is 0 Å². The Hall–Kier alpha value is -2.34. The Morgan fingerprint density at radius 1 is 1.39 bits per heavy atom. The van der Waals surface area contributed by atoms with Gasteiger partial charge in [0.05, 0.1) is 11.7 Å². The molecule has 122 valence electrons. The van der Waals surface area contributed by atoms with Gasteiger partial charge in [-0.2, -0.15) is 0 Å². The van der Waals surface area contributed by atoms with Crippen molar-refractivity contribution in [2.75, 3.05) is 13.2 Å². The number of ether oxygens (including phenoxy) is 3. The topological polar surface area (TPSA) is 62.6 Å². The summed E-state index contributed by atoms with van der Waals surface area (Å²) in [6.45, 7) is 1.45. The lowest BCUT2D eigenvalue weighted by Gasteiger charge is -2.10. The van der Waals surface area contributed by atoms with E-state index in [1.807, 2.05) is 17.8 Å². The average molecular weight is 316 g/mol. The molecule has 0 aliphatic carbocycles. The van der Waals surface area contributed by atoms with E-state index in [4.69, 9.17) is 14.2 Å². The Labute approximate surface area is 135 Å². The Balaban J connectivity index is 1.49. The van der Waals surface area contributed by atoms with E-state index >= 15 is 0 Å². The number of carbonyl (C=O) groups is 1. The third-order valence-electron chi connectivity index (χ3n) is 3.80. The van der Waals surface area contributed by atoms with Crippen LogP contribution in [0.4, 0.5) is 0 Å². The Kier molecular flexibility index (Phi) is 4.92. The first-order valence-electron chi connectivity index (χ1n) is 7.70. The van der Waals surface area contributed by atoms with Crippen molar-refractivity contribution in [2.24, 2.45) is 7.05 Å². The smallest absolute Gasteiger partial charge is 0.338 e. The molecule has 6 heteroatoms. The summed E-state index contributed by atoms with van der Waals surface area (Å²) >= 11 is 0. The Bertz CT molecular complexity index is 645. The van der Waals surface area contributed by atoms with Gasteiger partial charge in [0.1, 0.15) is 24.8 Å². The molecule has 1 aromatic heterocycles. The summed E-state index contributed by atoms with van der Waals surface area (Å²) in [5.41, 5.74) is 0.507. The van der Waals surface area contributed by atoms with Crippen LogP contribution in [-0.2, 0) is 23.1 Å². The van der Waals surface area contributed by atoms with Gasteiger partial charge in [0.2, 0.25) is 0 Å². The zero-order valence-electron chi connectivity index (χ0n) is 13.1. The first-order valence-corrected chi connectivity index (χ1v) is 7.70. The standard InChI is InChI=1S/C17H20N2O4/c1-19-9-8-18-16(19)12-22-14-6-4-13(5-7-14)17(20)23-11-15-3-2-10-21-15/h4-9,15H,2-3,10-12H2,1H3. The van der Waals surface area contributed by atoms with Crippen LogP contribution < -0.4 is 4.74 Å². The molecule has 1 aromatic carbocycles. The predicted octanol–water partition coefficient (Wildman–Crippen LogP) is 2.33. The van der Waals surface area contributed by atoms with Gasteiger partial charge in [-0.3, -0.25) is 0 Å². The minimum absolute atomic E-state index is 0.0411. The van der Waals surface area contributed by atoms with Gasteiger partial charge in [-0.1, -0.05) is 0 Å². The van der Waals surface area contributed by atoms with Crippen LogP contribution in [0.25, 0.3) is 0 Å². The summed E-state index contributed by atoms with van der Waals surface area (Å²) in [7, 11) is 1.92. The molecule has 0 N–H and O–H groups in total. The molecular formula is C17H20N2O4. The number of hydrogen-bond acceptors (Lipinski definition) is 5. The normalized spacial score (nSPS) is 17.2. The van der Waals surface area contributed by atoms with Crippen LogP contribution in [-0.4, -0.2) is 34.8 Å². The first kappa shape index (κ1) is 15.6. The molecule has 0 saturated carbocycles. The van der Waals surface area contributed by atoms with Crippen molar-refractivity contribution >= 4 is 5.97 Å². The van der Waals surface area contributed by atoms with Crippen molar-refractivity contribution in [3.8, 4) is 5.75 Å². The van der Waals surface area contributed by atoms with Crippen molar-refractivity contribution in [1.29, 1.82) is 0 Å². The molecular weight excluding hydrogens is 296 g/mol. The van der Waals surface area contributed by atoms with Gasteiger partial charge in [-0.25, -0.2) is 9.78 Å². The highest BCUT2D eigenvalue weighted by Crippen LogP contribution is 2.16. The maximum atomic E-state index is 12.0. The second-order valence-corrected chi connectivity index (χ2v) is 5.50. The molecule has 2 aromatic rings. The van der Waals surface area contributed by atoms with Crippen molar-refractivity contribution in [3.63, 3.8) is 0 Å². The molecule has 23 heavy (non-hydrogen) atoms. The van der Waals surface area contributed by atoms with Crippen molar-refractivity contribution in [1.82, 2.24) is 9.55 Å². The SMILES string of the molecule is Cn1ccnc1COc1ccc(C(=O)OCC2CCCO2)cc1. The maximum absolute atomic E-state index is 12.0. The van der Waals surface area contributed by atoms with Crippen molar-refractivity contribution in [3.05, 3.63) is 48.0 Å². The van der Waals surface area contributed by atoms with Crippen molar-refractivity contribution < 1.29 is 19.0 Å². The van der Waals surface area contributed by atoms with E-state index in [9.17, 15) is 4.79 Å². The van der Waals surface area contributed by atoms with E-state index in [0.717, 1.165) is 25.3 Å². The molecule has 1 unspecified atom stereocenters.